The molecule has 1 unspecified atom stereocenters. The van der Waals surface area contributed by atoms with E-state index in [1.54, 1.807) is 0 Å². The van der Waals surface area contributed by atoms with Crippen LogP contribution >= 0.6 is 11.8 Å². The molecule has 4 heteroatoms. The van der Waals surface area contributed by atoms with Crippen LogP contribution in [-0.2, 0) is 9.53 Å². The molecule has 0 aromatic heterocycles. The van der Waals surface area contributed by atoms with E-state index in [0.29, 0.717) is 24.7 Å². The van der Waals surface area contributed by atoms with Crippen molar-refractivity contribution in [2.45, 2.75) is 38.9 Å². The van der Waals surface area contributed by atoms with Crippen molar-refractivity contribution in [3.63, 3.8) is 0 Å². The van der Waals surface area contributed by atoms with Gasteiger partial charge in [-0.2, -0.15) is 5.26 Å². The Morgan fingerprint density at radius 3 is 2.67 bits per heavy atom. The van der Waals surface area contributed by atoms with Gasteiger partial charge in [0.15, 0.2) is 0 Å². The summed E-state index contributed by atoms with van der Waals surface area (Å²) in [5, 5.41) is 8.18. The summed E-state index contributed by atoms with van der Waals surface area (Å²) in [4.78, 5) is 11.4. The van der Waals surface area contributed by atoms with E-state index in [1.807, 2.05) is 13.0 Å². The molecule has 3 nitrogen and oxygen atoms in total. The van der Waals surface area contributed by atoms with Crippen molar-refractivity contribution in [2.75, 3.05) is 12.4 Å². The van der Waals surface area contributed by atoms with Gasteiger partial charge in [-0.15, -0.1) is 11.8 Å². The number of nitrogens with zero attached hydrogens (tertiary/aromatic N) is 1. The van der Waals surface area contributed by atoms with E-state index in [2.05, 4.69) is 13.8 Å². The fraction of sp³-hybridized carbons (Fsp3) is 0.818. The molecular weight excluding hydrogens is 210 g/mol. The van der Waals surface area contributed by atoms with Gasteiger partial charge in [0.25, 0.3) is 0 Å². The van der Waals surface area contributed by atoms with Crippen molar-refractivity contribution in [1.82, 2.24) is 0 Å². The molecule has 0 rings (SSSR count). The lowest BCUT2D eigenvalue weighted by Crippen LogP contribution is -2.18. The summed E-state index contributed by atoms with van der Waals surface area (Å²) < 4.78 is 5.10. The molecule has 15 heavy (non-hydrogen) atoms. The lowest BCUT2D eigenvalue weighted by Gasteiger charge is -2.11. The number of carbonyl (C=O) groups excluding carboxylic acids is 1. The summed E-state index contributed by atoms with van der Waals surface area (Å²) in [7, 11) is 0. The highest BCUT2D eigenvalue weighted by atomic mass is 32.2. The predicted molar refractivity (Wildman–Crippen MR) is 62.6 cm³/mol. The lowest BCUT2D eigenvalue weighted by atomic mass is 10.1. The third-order valence-electron chi connectivity index (χ3n) is 1.85. The molecular formula is C11H19NO2S. The summed E-state index contributed by atoms with van der Waals surface area (Å²) in [5.74, 6) is 1.08. The quantitative estimate of drug-likeness (QED) is 0.497. The van der Waals surface area contributed by atoms with Crippen LogP contribution in [0.2, 0.25) is 0 Å². The van der Waals surface area contributed by atoms with E-state index < -0.39 is 0 Å². The highest BCUT2D eigenvalue weighted by Crippen LogP contribution is 2.13. The molecule has 0 fully saturated rings. The van der Waals surface area contributed by atoms with Crippen LogP contribution in [-0.4, -0.2) is 23.6 Å². The highest BCUT2D eigenvalue weighted by molar-refractivity contribution is 8.00. The Labute approximate surface area is 96.2 Å². The van der Waals surface area contributed by atoms with Crippen LogP contribution in [0.15, 0.2) is 0 Å². The third-order valence-corrected chi connectivity index (χ3v) is 2.99. The zero-order chi connectivity index (χ0) is 11.7. The number of ether oxygens (including phenoxy) is 1. The van der Waals surface area contributed by atoms with E-state index in [4.69, 9.17) is 10.00 Å². The fourth-order valence-electron chi connectivity index (χ4n) is 0.862. The Morgan fingerprint density at radius 2 is 2.13 bits per heavy atom. The molecule has 0 spiro atoms. The van der Waals surface area contributed by atoms with E-state index >= 15 is 0 Å². The van der Waals surface area contributed by atoms with Crippen molar-refractivity contribution in [1.29, 1.82) is 5.26 Å². The van der Waals surface area contributed by atoms with Crippen molar-refractivity contribution in [3.8, 4) is 6.07 Å². The molecule has 1 atom stereocenters. The van der Waals surface area contributed by atoms with Crippen LogP contribution in [0.3, 0.4) is 0 Å². The Kier molecular flexibility index (Phi) is 8.21. The molecule has 0 aromatic carbocycles. The first-order chi connectivity index (χ1) is 7.07. The fourth-order valence-corrected chi connectivity index (χ4v) is 1.63. The van der Waals surface area contributed by atoms with Crippen LogP contribution in [0.1, 0.15) is 33.6 Å². The molecule has 0 saturated carbocycles. The first-order valence-electron chi connectivity index (χ1n) is 5.23. The monoisotopic (exact) mass is 229 g/mol. The summed E-state index contributed by atoms with van der Waals surface area (Å²) in [6.07, 6.45) is 1.38. The second-order valence-corrected chi connectivity index (χ2v) is 5.22. The van der Waals surface area contributed by atoms with Gasteiger partial charge in [0, 0.05) is 12.2 Å². The number of nitriles is 1. The van der Waals surface area contributed by atoms with Gasteiger partial charge < -0.3 is 4.74 Å². The van der Waals surface area contributed by atoms with Crippen LogP contribution in [0.5, 0.6) is 0 Å². The molecule has 0 aliphatic heterocycles. The maximum atomic E-state index is 11.4. The zero-order valence-electron chi connectivity index (χ0n) is 9.66. The van der Waals surface area contributed by atoms with Gasteiger partial charge in [-0.25, -0.2) is 0 Å². The topological polar surface area (TPSA) is 50.1 Å². The number of esters is 1. The Morgan fingerprint density at radius 1 is 1.47 bits per heavy atom. The number of carbonyl (C=O) groups is 1. The van der Waals surface area contributed by atoms with E-state index in [0.717, 1.165) is 6.42 Å². The summed E-state index contributed by atoms with van der Waals surface area (Å²) in [6.45, 7) is 6.51. The molecule has 0 bridgehead atoms. The Balaban J connectivity index is 3.56. The molecule has 0 aromatic rings. The van der Waals surface area contributed by atoms with Crippen LogP contribution in [0.4, 0.5) is 0 Å². The highest BCUT2D eigenvalue weighted by Gasteiger charge is 2.14. The minimum absolute atomic E-state index is 0.162. The molecule has 0 radical (unpaired) electrons. The van der Waals surface area contributed by atoms with Crippen molar-refractivity contribution >= 4 is 17.7 Å². The van der Waals surface area contributed by atoms with Gasteiger partial charge in [0.2, 0.25) is 0 Å². The first kappa shape index (κ1) is 14.3. The average molecular weight is 229 g/mol. The van der Waals surface area contributed by atoms with E-state index in [1.165, 1.54) is 11.8 Å². The van der Waals surface area contributed by atoms with Crippen molar-refractivity contribution in [3.05, 3.63) is 0 Å². The molecule has 0 N–H and O–H groups in total. The normalized spacial score (nSPS) is 12.2. The van der Waals surface area contributed by atoms with Gasteiger partial charge in [0.05, 0.1) is 17.9 Å². The van der Waals surface area contributed by atoms with Gasteiger partial charge in [-0.3, -0.25) is 4.79 Å². The van der Waals surface area contributed by atoms with Crippen LogP contribution < -0.4 is 0 Å². The predicted octanol–water partition coefficient (Wildman–Crippen LogP) is 2.61. The lowest BCUT2D eigenvalue weighted by molar-refractivity contribution is -0.142. The number of hydrogen-bond acceptors (Lipinski definition) is 4. The number of rotatable bonds is 7. The van der Waals surface area contributed by atoms with Gasteiger partial charge in [-0.1, -0.05) is 13.8 Å². The Hall–Kier alpha value is -0.690. The SMILES string of the molecule is CC(C)CCOC(=O)C(C)SCCC#N. The van der Waals surface area contributed by atoms with E-state index in [-0.39, 0.29) is 11.2 Å². The van der Waals surface area contributed by atoms with Crippen LogP contribution in [0.25, 0.3) is 0 Å². The van der Waals surface area contributed by atoms with Gasteiger partial charge >= 0.3 is 5.97 Å². The largest absolute Gasteiger partial charge is 0.465 e. The van der Waals surface area contributed by atoms with Crippen molar-refractivity contribution in [2.24, 2.45) is 5.92 Å². The van der Waals surface area contributed by atoms with Gasteiger partial charge in [0.1, 0.15) is 0 Å². The first-order valence-corrected chi connectivity index (χ1v) is 6.28. The number of hydrogen-bond donors (Lipinski definition) is 0. The third kappa shape index (κ3) is 8.31. The van der Waals surface area contributed by atoms with Gasteiger partial charge in [-0.05, 0) is 19.3 Å². The molecule has 0 aliphatic carbocycles. The van der Waals surface area contributed by atoms with Crippen LogP contribution in [0, 0.1) is 17.2 Å². The standard InChI is InChI=1S/C11H19NO2S/c1-9(2)5-7-14-11(13)10(3)15-8-4-6-12/h9-10H,4-5,7-8H2,1-3H3. The maximum absolute atomic E-state index is 11.4. The zero-order valence-corrected chi connectivity index (χ0v) is 10.5. The Bertz CT molecular complexity index is 223. The second kappa shape index (κ2) is 8.60. The molecule has 0 aliphatic rings. The second-order valence-electron chi connectivity index (χ2n) is 3.77. The molecule has 86 valence electrons. The van der Waals surface area contributed by atoms with E-state index in [9.17, 15) is 4.79 Å². The average Bonchev–Trinajstić information content (AvgIpc) is 2.17. The molecule has 0 saturated heterocycles. The molecule has 0 heterocycles. The molecule has 0 amide bonds. The smallest absolute Gasteiger partial charge is 0.318 e. The summed E-state index contributed by atoms with van der Waals surface area (Å²) in [6, 6.07) is 2.05. The van der Waals surface area contributed by atoms with Crippen molar-refractivity contribution < 1.29 is 9.53 Å². The summed E-state index contributed by atoms with van der Waals surface area (Å²) in [5.41, 5.74) is 0. The number of thioether (sulfide) groups is 1. The minimum Gasteiger partial charge on any atom is -0.465 e. The maximum Gasteiger partial charge on any atom is 0.318 e. The minimum atomic E-state index is -0.168. The summed E-state index contributed by atoms with van der Waals surface area (Å²) >= 11 is 1.47.